The van der Waals surface area contributed by atoms with Gasteiger partial charge < -0.3 is 10.5 Å². The molecule has 1 rings (SSSR count). The van der Waals surface area contributed by atoms with Gasteiger partial charge in [0.05, 0.1) is 6.26 Å². The normalized spacial score (nSPS) is 23.1. The molecule has 2 heteroatoms. The van der Waals surface area contributed by atoms with E-state index in [0.717, 1.165) is 5.57 Å². The van der Waals surface area contributed by atoms with E-state index in [9.17, 15) is 0 Å². The molecule has 0 radical (unpaired) electrons. The molecule has 1 aliphatic heterocycles. The summed E-state index contributed by atoms with van der Waals surface area (Å²) in [5, 5.41) is 0. The second-order valence-corrected chi connectivity index (χ2v) is 1.36. The Balaban J connectivity index is 2.59. The summed E-state index contributed by atoms with van der Waals surface area (Å²) in [6.07, 6.45) is 5.03. The van der Waals surface area contributed by atoms with Crippen LogP contribution in [-0.4, -0.2) is 6.61 Å². The summed E-state index contributed by atoms with van der Waals surface area (Å²) in [6, 6.07) is 0. The topological polar surface area (TPSA) is 35.2 Å². The van der Waals surface area contributed by atoms with Crippen LogP contribution in [0.5, 0.6) is 0 Å². The summed E-state index contributed by atoms with van der Waals surface area (Å²) >= 11 is 0. The molecule has 0 aromatic rings. The Morgan fingerprint density at radius 2 is 2.71 bits per heavy atom. The first-order chi connectivity index (χ1) is 3.43. The third-order valence-electron chi connectivity index (χ3n) is 0.842. The van der Waals surface area contributed by atoms with E-state index < -0.39 is 0 Å². The van der Waals surface area contributed by atoms with Crippen LogP contribution in [0, 0.1) is 0 Å². The molecule has 1 heterocycles. The minimum atomic E-state index is 0.635. The molecule has 0 saturated carbocycles. The van der Waals surface area contributed by atoms with E-state index in [1.807, 2.05) is 6.08 Å². The summed E-state index contributed by atoms with van der Waals surface area (Å²) in [7, 11) is 0. The highest BCUT2D eigenvalue weighted by Gasteiger charge is 1.95. The van der Waals surface area contributed by atoms with Gasteiger partial charge in [-0.05, 0) is 6.08 Å². The van der Waals surface area contributed by atoms with Gasteiger partial charge in [-0.3, -0.25) is 0 Å². The molecule has 1 aliphatic rings. The van der Waals surface area contributed by atoms with E-state index in [2.05, 4.69) is 0 Å². The number of nitrogens with two attached hydrogens (primary N) is 1. The molecule has 0 bridgehead atoms. The van der Waals surface area contributed by atoms with Crippen LogP contribution >= 0.6 is 0 Å². The fourth-order valence-electron chi connectivity index (χ4n) is 0.432. The molecule has 2 N–H and O–H groups in total. The average molecular weight is 97.1 g/mol. The second-order valence-electron chi connectivity index (χ2n) is 1.36. The van der Waals surface area contributed by atoms with Gasteiger partial charge in [-0.15, -0.1) is 0 Å². The third-order valence-corrected chi connectivity index (χ3v) is 0.842. The standard InChI is InChI=1S/C5H7NO/c6-3-5-1-2-7-4-5/h1-3H,4,6H2/b5-3+. The molecule has 0 saturated heterocycles. The molecule has 0 aromatic carbocycles. The highest BCUT2D eigenvalue weighted by Crippen LogP contribution is 2.02. The molecule has 0 unspecified atom stereocenters. The average Bonchev–Trinajstić information content (AvgIpc) is 2.14. The molecule has 0 spiro atoms. The predicted octanol–water partition coefficient (Wildman–Crippen LogP) is 0.373. The lowest BCUT2D eigenvalue weighted by Crippen LogP contribution is -1.86. The van der Waals surface area contributed by atoms with Crippen LogP contribution in [0.15, 0.2) is 24.1 Å². The van der Waals surface area contributed by atoms with Crippen LogP contribution in [0.25, 0.3) is 0 Å². The van der Waals surface area contributed by atoms with Crippen molar-refractivity contribution in [1.29, 1.82) is 0 Å². The largest absolute Gasteiger partial charge is 0.496 e. The van der Waals surface area contributed by atoms with E-state index in [0.29, 0.717) is 6.61 Å². The van der Waals surface area contributed by atoms with Crippen molar-refractivity contribution < 1.29 is 4.74 Å². The monoisotopic (exact) mass is 97.1 g/mol. The molecular weight excluding hydrogens is 90.1 g/mol. The Kier molecular flexibility index (Phi) is 1.02. The number of hydrogen-bond acceptors (Lipinski definition) is 2. The molecule has 0 amide bonds. The van der Waals surface area contributed by atoms with E-state index in [1.54, 1.807) is 12.5 Å². The van der Waals surface area contributed by atoms with Gasteiger partial charge in [0.15, 0.2) is 0 Å². The summed E-state index contributed by atoms with van der Waals surface area (Å²) in [4.78, 5) is 0. The molecular formula is C5H7NO. The summed E-state index contributed by atoms with van der Waals surface area (Å²) in [6.45, 7) is 0.635. The van der Waals surface area contributed by atoms with Crippen LogP contribution in [0.1, 0.15) is 0 Å². The maximum absolute atomic E-state index is 5.14. The van der Waals surface area contributed by atoms with E-state index in [1.165, 1.54) is 0 Å². The zero-order chi connectivity index (χ0) is 5.11. The Morgan fingerprint density at radius 3 is 3.00 bits per heavy atom. The van der Waals surface area contributed by atoms with Crippen molar-refractivity contribution in [3.8, 4) is 0 Å². The van der Waals surface area contributed by atoms with Gasteiger partial charge in [0.1, 0.15) is 6.61 Å². The first kappa shape index (κ1) is 4.24. The quantitative estimate of drug-likeness (QED) is 0.474. The Labute approximate surface area is 42.3 Å². The molecule has 2 nitrogen and oxygen atoms in total. The summed E-state index contributed by atoms with van der Waals surface area (Å²) in [5.74, 6) is 0. The van der Waals surface area contributed by atoms with Crippen LogP contribution < -0.4 is 5.73 Å². The molecule has 0 aromatic heterocycles. The van der Waals surface area contributed by atoms with Crippen molar-refractivity contribution in [3.05, 3.63) is 24.1 Å². The Bertz CT molecular complexity index is 112. The smallest absolute Gasteiger partial charge is 0.114 e. The maximum Gasteiger partial charge on any atom is 0.114 e. The second kappa shape index (κ2) is 1.69. The fourth-order valence-corrected chi connectivity index (χ4v) is 0.432. The van der Waals surface area contributed by atoms with Gasteiger partial charge >= 0.3 is 0 Å². The highest BCUT2D eigenvalue weighted by atomic mass is 16.5. The van der Waals surface area contributed by atoms with Crippen LogP contribution in [0.2, 0.25) is 0 Å². The van der Waals surface area contributed by atoms with Crippen molar-refractivity contribution in [3.63, 3.8) is 0 Å². The number of rotatable bonds is 0. The lowest BCUT2D eigenvalue weighted by Gasteiger charge is -1.86. The van der Waals surface area contributed by atoms with Gasteiger partial charge in [-0.25, -0.2) is 0 Å². The van der Waals surface area contributed by atoms with Crippen LogP contribution in [-0.2, 0) is 4.74 Å². The van der Waals surface area contributed by atoms with Gasteiger partial charge in [0, 0.05) is 11.8 Å². The van der Waals surface area contributed by atoms with Crippen LogP contribution in [0.4, 0.5) is 0 Å². The SMILES string of the molecule is N/C=C1\C=COC1. The van der Waals surface area contributed by atoms with Crippen molar-refractivity contribution >= 4 is 0 Å². The van der Waals surface area contributed by atoms with Gasteiger partial charge in [0.25, 0.3) is 0 Å². The van der Waals surface area contributed by atoms with Crippen molar-refractivity contribution in [2.75, 3.05) is 6.61 Å². The van der Waals surface area contributed by atoms with Gasteiger partial charge in [0.2, 0.25) is 0 Å². The summed E-state index contributed by atoms with van der Waals surface area (Å²) < 4.78 is 4.82. The molecule has 0 aliphatic carbocycles. The van der Waals surface area contributed by atoms with Crippen LogP contribution in [0.3, 0.4) is 0 Å². The van der Waals surface area contributed by atoms with Crippen molar-refractivity contribution in [1.82, 2.24) is 0 Å². The summed E-state index contributed by atoms with van der Waals surface area (Å²) in [5.41, 5.74) is 6.18. The minimum absolute atomic E-state index is 0.635. The highest BCUT2D eigenvalue weighted by molar-refractivity contribution is 5.19. The lowest BCUT2D eigenvalue weighted by atomic mass is 10.3. The number of hydrogen-bond donors (Lipinski definition) is 1. The molecule has 0 fully saturated rings. The Hall–Kier alpha value is -0.920. The molecule has 7 heavy (non-hydrogen) atoms. The van der Waals surface area contributed by atoms with E-state index in [4.69, 9.17) is 10.5 Å². The zero-order valence-corrected chi connectivity index (χ0v) is 3.92. The fraction of sp³-hybridized carbons (Fsp3) is 0.200. The predicted molar refractivity (Wildman–Crippen MR) is 27.4 cm³/mol. The van der Waals surface area contributed by atoms with Gasteiger partial charge in [-0.1, -0.05) is 0 Å². The Morgan fingerprint density at radius 1 is 1.86 bits per heavy atom. The third kappa shape index (κ3) is 0.738. The van der Waals surface area contributed by atoms with Gasteiger partial charge in [-0.2, -0.15) is 0 Å². The first-order valence-electron chi connectivity index (χ1n) is 2.12. The van der Waals surface area contributed by atoms with Crippen molar-refractivity contribution in [2.24, 2.45) is 5.73 Å². The lowest BCUT2D eigenvalue weighted by molar-refractivity contribution is 0.301. The zero-order valence-electron chi connectivity index (χ0n) is 3.92. The maximum atomic E-state index is 5.14. The first-order valence-corrected chi connectivity index (χ1v) is 2.12. The number of ether oxygens (including phenoxy) is 1. The molecule has 0 atom stereocenters. The minimum Gasteiger partial charge on any atom is -0.496 e. The van der Waals surface area contributed by atoms with E-state index in [-0.39, 0.29) is 0 Å². The molecule has 38 valence electrons. The van der Waals surface area contributed by atoms with E-state index >= 15 is 0 Å². The van der Waals surface area contributed by atoms with Crippen molar-refractivity contribution in [2.45, 2.75) is 0 Å².